The second-order valence-corrected chi connectivity index (χ2v) is 11.0. The van der Waals surface area contributed by atoms with Crippen molar-refractivity contribution in [3.8, 4) is 11.5 Å². The van der Waals surface area contributed by atoms with Gasteiger partial charge >= 0.3 is 23.9 Å². The normalized spacial score (nSPS) is 19.7. The van der Waals surface area contributed by atoms with Gasteiger partial charge in [-0.15, -0.1) is 0 Å². The summed E-state index contributed by atoms with van der Waals surface area (Å²) in [5.74, 6) is -5.45. The maximum absolute atomic E-state index is 13.5. The van der Waals surface area contributed by atoms with Crippen LogP contribution in [0.3, 0.4) is 0 Å². The highest BCUT2D eigenvalue weighted by molar-refractivity contribution is 5.98. The van der Waals surface area contributed by atoms with E-state index >= 15 is 0 Å². The van der Waals surface area contributed by atoms with Crippen molar-refractivity contribution in [3.05, 3.63) is 53.9 Å². The average Bonchev–Trinajstić information content (AvgIpc) is 3.09. The number of methoxy groups -OCH3 is 1. The van der Waals surface area contributed by atoms with E-state index in [4.69, 9.17) is 33.2 Å². The van der Waals surface area contributed by atoms with Gasteiger partial charge < -0.3 is 38.5 Å². The van der Waals surface area contributed by atoms with Crippen LogP contribution in [0.5, 0.6) is 11.5 Å². The van der Waals surface area contributed by atoms with E-state index in [0.29, 0.717) is 6.61 Å². The molecule has 1 aliphatic rings. The van der Waals surface area contributed by atoms with Gasteiger partial charge in [0.15, 0.2) is 29.3 Å². The number of cyclic esters (lactones) is 2. The van der Waals surface area contributed by atoms with Gasteiger partial charge in [-0.1, -0.05) is 57.5 Å². The number of nitrogens with one attached hydrogen (secondary N) is 1. The summed E-state index contributed by atoms with van der Waals surface area (Å²) >= 11 is 0. The van der Waals surface area contributed by atoms with Crippen LogP contribution in [0, 0.1) is 11.8 Å². The summed E-state index contributed by atoms with van der Waals surface area (Å²) in [6.07, 6.45) is 0.863. The van der Waals surface area contributed by atoms with E-state index in [1.54, 1.807) is 26.0 Å². The summed E-state index contributed by atoms with van der Waals surface area (Å²) in [6.45, 7) is 5.74. The third-order valence-electron chi connectivity index (χ3n) is 7.06. The third-order valence-corrected chi connectivity index (χ3v) is 7.06. The first kappa shape index (κ1) is 36.7. The predicted octanol–water partition coefficient (Wildman–Crippen LogP) is 2.80. The zero-order valence-corrected chi connectivity index (χ0v) is 27.2. The van der Waals surface area contributed by atoms with Crippen molar-refractivity contribution < 1.29 is 57.1 Å². The van der Waals surface area contributed by atoms with Crippen LogP contribution in [0.1, 0.15) is 56.6 Å². The standard InChI is InChI=1S/C33H42N2O12/c1-6-7-15-42-18-26(36)44-19-45-29-25(41-5)13-14-34-27(29)30(37)35-24-17-43-32(39)23(16-22-11-9-8-10-12-22)28(21(4)46-33(24)40)47-31(38)20(2)3/h8-14,20-21,23-24,28H,6-7,15-19H2,1-5H3,(H,35,37)/t21-,23+,24-,28-/m0/s1. The zero-order valence-electron chi connectivity index (χ0n) is 27.2. The number of hydrogen-bond donors (Lipinski definition) is 1. The summed E-state index contributed by atoms with van der Waals surface area (Å²) in [6, 6.07) is 9.00. The number of rotatable bonds is 15. The molecule has 2 heterocycles. The minimum atomic E-state index is -1.47. The molecular weight excluding hydrogens is 616 g/mol. The summed E-state index contributed by atoms with van der Waals surface area (Å²) in [5.41, 5.74) is 0.464. The quantitative estimate of drug-likeness (QED) is 0.128. The van der Waals surface area contributed by atoms with Crippen LogP contribution in [0.15, 0.2) is 42.6 Å². The van der Waals surface area contributed by atoms with E-state index in [1.165, 1.54) is 26.3 Å². The van der Waals surface area contributed by atoms with Crippen LogP contribution in [0.25, 0.3) is 0 Å². The van der Waals surface area contributed by atoms with Crippen LogP contribution in [-0.4, -0.2) is 86.7 Å². The Morgan fingerprint density at radius 1 is 1.09 bits per heavy atom. The molecule has 0 aliphatic carbocycles. The predicted molar refractivity (Wildman–Crippen MR) is 164 cm³/mol. The Bertz CT molecular complexity index is 1370. The molecular formula is C33H42N2O12. The fourth-order valence-corrected chi connectivity index (χ4v) is 4.47. The summed E-state index contributed by atoms with van der Waals surface area (Å²) < 4.78 is 37.9. The van der Waals surface area contributed by atoms with Gasteiger partial charge in [-0.2, -0.15) is 0 Å². The Balaban J connectivity index is 1.78. The van der Waals surface area contributed by atoms with Crippen LogP contribution >= 0.6 is 0 Å². The maximum Gasteiger partial charge on any atom is 0.334 e. The summed E-state index contributed by atoms with van der Waals surface area (Å²) in [7, 11) is 1.34. The highest BCUT2D eigenvalue weighted by atomic mass is 16.7. The molecule has 0 spiro atoms. The van der Waals surface area contributed by atoms with Crippen molar-refractivity contribution in [1.82, 2.24) is 10.3 Å². The smallest absolute Gasteiger partial charge is 0.334 e. The number of carbonyl (C=O) groups excluding carboxylic acids is 5. The first-order valence-electron chi connectivity index (χ1n) is 15.4. The molecule has 1 fully saturated rings. The molecule has 4 atom stereocenters. The lowest BCUT2D eigenvalue weighted by atomic mass is 9.91. The molecule has 1 aliphatic heterocycles. The molecule has 2 aromatic rings. The van der Waals surface area contributed by atoms with Crippen molar-refractivity contribution >= 4 is 29.8 Å². The second kappa shape index (κ2) is 18.4. The number of carbonyl (C=O) groups is 5. The number of pyridine rings is 1. The van der Waals surface area contributed by atoms with Gasteiger partial charge in [0.25, 0.3) is 5.91 Å². The Kier molecular flexibility index (Phi) is 14.4. The fourth-order valence-electron chi connectivity index (χ4n) is 4.47. The number of unbranched alkanes of at least 4 members (excludes halogenated alkanes) is 1. The van der Waals surface area contributed by atoms with Crippen LogP contribution < -0.4 is 14.8 Å². The van der Waals surface area contributed by atoms with Crippen LogP contribution in [-0.2, 0) is 49.3 Å². The number of esters is 4. The third kappa shape index (κ3) is 10.9. The maximum atomic E-state index is 13.5. The number of amides is 1. The van der Waals surface area contributed by atoms with Gasteiger partial charge in [0.05, 0.1) is 13.0 Å². The van der Waals surface area contributed by atoms with Crippen molar-refractivity contribution in [2.75, 3.05) is 33.7 Å². The molecule has 1 aromatic heterocycles. The van der Waals surface area contributed by atoms with Crippen molar-refractivity contribution in [1.29, 1.82) is 0 Å². The Hall–Kier alpha value is -4.72. The SMILES string of the molecule is CCCCOCC(=O)OCOc1c(OC)ccnc1C(=O)N[C@H]1COC(=O)[C@H](Cc2ccccc2)[C@@H](OC(=O)C(C)C)[C@H](C)OC1=O. The van der Waals surface area contributed by atoms with Crippen LogP contribution in [0.2, 0.25) is 0 Å². The number of nitrogens with zero attached hydrogens (tertiary/aromatic N) is 1. The van der Waals surface area contributed by atoms with Crippen molar-refractivity contribution in [3.63, 3.8) is 0 Å². The molecule has 1 N–H and O–H groups in total. The molecule has 1 amide bonds. The molecule has 0 radical (unpaired) electrons. The van der Waals surface area contributed by atoms with Gasteiger partial charge in [-0.25, -0.2) is 14.6 Å². The molecule has 0 saturated carbocycles. The van der Waals surface area contributed by atoms with E-state index in [2.05, 4.69) is 10.3 Å². The first-order valence-corrected chi connectivity index (χ1v) is 15.4. The zero-order chi connectivity index (χ0) is 34.3. The second-order valence-electron chi connectivity index (χ2n) is 11.0. The Morgan fingerprint density at radius 3 is 2.51 bits per heavy atom. The van der Waals surface area contributed by atoms with Crippen molar-refractivity contribution in [2.45, 2.75) is 65.2 Å². The molecule has 0 bridgehead atoms. The minimum Gasteiger partial charge on any atom is -0.493 e. The van der Waals surface area contributed by atoms with Crippen molar-refractivity contribution in [2.24, 2.45) is 11.8 Å². The van der Waals surface area contributed by atoms with E-state index in [-0.39, 0.29) is 30.2 Å². The molecule has 3 rings (SSSR count). The molecule has 14 nitrogen and oxygen atoms in total. The molecule has 1 saturated heterocycles. The highest BCUT2D eigenvalue weighted by Gasteiger charge is 2.42. The number of aromatic nitrogens is 1. The molecule has 1 aromatic carbocycles. The molecule has 0 unspecified atom stereocenters. The molecule has 256 valence electrons. The minimum absolute atomic E-state index is 0.0936. The molecule has 47 heavy (non-hydrogen) atoms. The Morgan fingerprint density at radius 2 is 1.83 bits per heavy atom. The summed E-state index contributed by atoms with van der Waals surface area (Å²) in [4.78, 5) is 68.8. The number of ether oxygens (including phenoxy) is 7. The topological polar surface area (TPSA) is 175 Å². The van der Waals surface area contributed by atoms with Gasteiger partial charge in [0.1, 0.15) is 25.2 Å². The van der Waals surface area contributed by atoms with Gasteiger partial charge in [-0.05, 0) is 25.3 Å². The monoisotopic (exact) mass is 658 g/mol. The van der Waals surface area contributed by atoms with Gasteiger partial charge in [-0.3, -0.25) is 14.4 Å². The lowest BCUT2D eigenvalue weighted by Crippen LogP contribution is -2.47. The first-order chi connectivity index (χ1) is 22.5. The lowest BCUT2D eigenvalue weighted by Gasteiger charge is -2.29. The lowest BCUT2D eigenvalue weighted by molar-refractivity contribution is -0.176. The fraction of sp³-hybridized carbons (Fsp3) is 0.515. The summed E-state index contributed by atoms with van der Waals surface area (Å²) in [5, 5.41) is 2.47. The largest absolute Gasteiger partial charge is 0.493 e. The Labute approximate surface area is 273 Å². The van der Waals surface area contributed by atoms with Gasteiger partial charge in [0.2, 0.25) is 6.79 Å². The average molecular weight is 659 g/mol. The van der Waals surface area contributed by atoms with E-state index in [0.717, 1.165) is 18.4 Å². The number of hydrogen-bond acceptors (Lipinski definition) is 13. The number of benzene rings is 1. The van der Waals surface area contributed by atoms with E-state index in [9.17, 15) is 24.0 Å². The highest BCUT2D eigenvalue weighted by Crippen LogP contribution is 2.30. The molecule has 14 heteroatoms. The van der Waals surface area contributed by atoms with E-state index < -0.39 is 73.3 Å². The van der Waals surface area contributed by atoms with Crippen LogP contribution in [0.4, 0.5) is 0 Å². The van der Waals surface area contributed by atoms with E-state index in [1.807, 2.05) is 25.1 Å². The van der Waals surface area contributed by atoms with Gasteiger partial charge in [0, 0.05) is 18.9 Å².